The van der Waals surface area contributed by atoms with Gasteiger partial charge in [0.2, 0.25) is 0 Å². The van der Waals surface area contributed by atoms with E-state index in [2.05, 4.69) is 41.5 Å². The standard InChI is InChI=1S/C9H12BrN7OS/c1-2-3-17-8(18)15-16-9(17)19-7-5(10)6(14-11)12-4-13-7/h4H,2-3,11H2,1H3,(H,15,18)(H,12,13,14). The number of nitrogens with zero attached hydrogens (tertiary/aromatic N) is 4. The van der Waals surface area contributed by atoms with E-state index in [-0.39, 0.29) is 5.69 Å². The van der Waals surface area contributed by atoms with Crippen molar-refractivity contribution in [3.05, 3.63) is 21.3 Å². The van der Waals surface area contributed by atoms with E-state index in [4.69, 9.17) is 5.84 Å². The molecule has 0 fully saturated rings. The van der Waals surface area contributed by atoms with Gasteiger partial charge in [-0.3, -0.25) is 4.57 Å². The van der Waals surface area contributed by atoms with Crippen molar-refractivity contribution in [1.82, 2.24) is 24.7 Å². The minimum absolute atomic E-state index is 0.230. The molecular formula is C9H12BrN7OS. The molecule has 0 aliphatic rings. The number of H-pyrrole nitrogens is 1. The van der Waals surface area contributed by atoms with Crippen molar-refractivity contribution in [2.45, 2.75) is 30.1 Å². The summed E-state index contributed by atoms with van der Waals surface area (Å²) in [6.45, 7) is 2.59. The Kier molecular flexibility index (Phi) is 4.56. The Balaban J connectivity index is 2.34. The predicted octanol–water partition coefficient (Wildman–Crippen LogP) is 0.971. The first-order valence-corrected chi connectivity index (χ1v) is 7.08. The third-order valence-corrected chi connectivity index (χ3v) is 4.26. The number of nitrogens with two attached hydrogens (primary N) is 1. The summed E-state index contributed by atoms with van der Waals surface area (Å²) in [5.74, 6) is 5.81. The van der Waals surface area contributed by atoms with Crippen LogP contribution in [0.25, 0.3) is 0 Å². The molecule has 0 aliphatic carbocycles. The van der Waals surface area contributed by atoms with Crippen molar-refractivity contribution in [1.29, 1.82) is 0 Å². The van der Waals surface area contributed by atoms with E-state index >= 15 is 0 Å². The molecule has 0 aliphatic heterocycles. The number of hydrogen-bond acceptors (Lipinski definition) is 7. The third kappa shape index (κ3) is 2.96. The van der Waals surface area contributed by atoms with Crippen molar-refractivity contribution in [2.24, 2.45) is 5.84 Å². The molecule has 0 bridgehead atoms. The molecule has 19 heavy (non-hydrogen) atoms. The third-order valence-electron chi connectivity index (χ3n) is 2.25. The van der Waals surface area contributed by atoms with Crippen LogP contribution in [0.15, 0.2) is 25.8 Å². The van der Waals surface area contributed by atoms with Crippen LogP contribution in [0.4, 0.5) is 5.82 Å². The van der Waals surface area contributed by atoms with Crippen molar-refractivity contribution in [3.63, 3.8) is 0 Å². The van der Waals surface area contributed by atoms with Crippen molar-refractivity contribution in [2.75, 3.05) is 5.43 Å². The zero-order valence-electron chi connectivity index (χ0n) is 10.1. The van der Waals surface area contributed by atoms with Crippen molar-refractivity contribution < 1.29 is 0 Å². The Hall–Kier alpha value is -1.39. The molecule has 0 radical (unpaired) electrons. The summed E-state index contributed by atoms with van der Waals surface area (Å²) < 4.78 is 2.19. The van der Waals surface area contributed by atoms with E-state index in [0.29, 0.717) is 27.0 Å². The van der Waals surface area contributed by atoms with Crippen LogP contribution < -0.4 is 17.0 Å². The maximum atomic E-state index is 11.6. The molecule has 10 heteroatoms. The molecule has 2 aromatic rings. The first-order valence-electron chi connectivity index (χ1n) is 5.47. The number of nitrogens with one attached hydrogen (secondary N) is 2. The van der Waals surface area contributed by atoms with Crippen LogP contribution in [0.5, 0.6) is 0 Å². The Bertz CT molecular complexity index is 625. The van der Waals surface area contributed by atoms with Gasteiger partial charge in [-0.2, -0.15) is 0 Å². The van der Waals surface area contributed by atoms with Gasteiger partial charge in [-0.25, -0.2) is 25.7 Å². The Morgan fingerprint density at radius 2 is 2.37 bits per heavy atom. The molecule has 4 N–H and O–H groups in total. The lowest BCUT2D eigenvalue weighted by Crippen LogP contribution is -2.17. The minimum atomic E-state index is -0.230. The number of aromatic amines is 1. The van der Waals surface area contributed by atoms with Crippen LogP contribution in [0, 0.1) is 0 Å². The highest BCUT2D eigenvalue weighted by molar-refractivity contribution is 9.10. The Morgan fingerprint density at radius 3 is 3.05 bits per heavy atom. The molecule has 0 atom stereocenters. The van der Waals surface area contributed by atoms with Gasteiger partial charge < -0.3 is 5.43 Å². The smallest absolute Gasteiger partial charge is 0.307 e. The monoisotopic (exact) mass is 345 g/mol. The maximum Gasteiger partial charge on any atom is 0.343 e. The highest BCUT2D eigenvalue weighted by Gasteiger charge is 2.14. The van der Waals surface area contributed by atoms with E-state index < -0.39 is 0 Å². The quantitative estimate of drug-likeness (QED) is 0.420. The van der Waals surface area contributed by atoms with Gasteiger partial charge in [0.25, 0.3) is 0 Å². The fraction of sp³-hybridized carbons (Fsp3) is 0.333. The number of hydrogen-bond donors (Lipinski definition) is 3. The van der Waals surface area contributed by atoms with Gasteiger partial charge >= 0.3 is 5.69 Å². The summed E-state index contributed by atoms with van der Waals surface area (Å²) in [5, 5.41) is 7.58. The second-order valence-corrected chi connectivity index (χ2v) is 5.30. The van der Waals surface area contributed by atoms with Crippen LogP contribution in [0.3, 0.4) is 0 Å². The molecule has 0 amide bonds. The molecule has 102 valence electrons. The van der Waals surface area contributed by atoms with E-state index in [0.717, 1.165) is 6.42 Å². The van der Waals surface area contributed by atoms with E-state index in [1.54, 1.807) is 4.57 Å². The lowest BCUT2D eigenvalue weighted by molar-refractivity contribution is 0.603. The molecule has 0 spiro atoms. The summed E-state index contributed by atoms with van der Waals surface area (Å²) in [4.78, 5) is 19.7. The van der Waals surface area contributed by atoms with E-state index in [9.17, 15) is 4.79 Å². The van der Waals surface area contributed by atoms with Crippen molar-refractivity contribution >= 4 is 33.5 Å². The Labute approximate surface area is 121 Å². The van der Waals surface area contributed by atoms with Gasteiger partial charge in [0.15, 0.2) is 11.0 Å². The molecular weight excluding hydrogens is 334 g/mol. The number of aromatic nitrogens is 5. The molecule has 2 heterocycles. The maximum absolute atomic E-state index is 11.6. The highest BCUT2D eigenvalue weighted by Crippen LogP contribution is 2.33. The van der Waals surface area contributed by atoms with Gasteiger partial charge in [0, 0.05) is 6.54 Å². The Morgan fingerprint density at radius 1 is 1.58 bits per heavy atom. The van der Waals surface area contributed by atoms with Crippen LogP contribution >= 0.6 is 27.7 Å². The van der Waals surface area contributed by atoms with Crippen molar-refractivity contribution in [3.8, 4) is 0 Å². The largest absolute Gasteiger partial charge is 0.343 e. The van der Waals surface area contributed by atoms with Gasteiger partial charge in [-0.15, -0.1) is 5.10 Å². The second-order valence-electron chi connectivity index (χ2n) is 3.55. The van der Waals surface area contributed by atoms with Gasteiger partial charge in [-0.1, -0.05) is 6.92 Å². The molecule has 0 saturated heterocycles. The van der Waals surface area contributed by atoms with Crippen LogP contribution in [0.2, 0.25) is 0 Å². The minimum Gasteiger partial charge on any atom is -0.307 e. The fourth-order valence-corrected chi connectivity index (χ4v) is 2.81. The molecule has 8 nitrogen and oxygen atoms in total. The van der Waals surface area contributed by atoms with Gasteiger partial charge in [0.05, 0.1) is 4.47 Å². The fourth-order valence-electron chi connectivity index (χ4n) is 1.41. The molecule has 0 unspecified atom stereocenters. The van der Waals surface area contributed by atoms with Crippen LogP contribution in [-0.2, 0) is 6.54 Å². The molecule has 0 aromatic carbocycles. The first-order chi connectivity index (χ1) is 9.17. The average molecular weight is 346 g/mol. The van der Waals surface area contributed by atoms with E-state index in [1.165, 1.54) is 18.1 Å². The number of hydrazine groups is 1. The first kappa shape index (κ1) is 14.0. The number of rotatable bonds is 5. The number of nitrogen functional groups attached to an aromatic ring is 1. The second kappa shape index (κ2) is 6.17. The summed E-state index contributed by atoms with van der Waals surface area (Å²) >= 11 is 4.61. The van der Waals surface area contributed by atoms with E-state index in [1.807, 2.05) is 6.92 Å². The topological polar surface area (TPSA) is 115 Å². The summed E-state index contributed by atoms with van der Waals surface area (Å²) in [5.41, 5.74) is 2.23. The predicted molar refractivity (Wildman–Crippen MR) is 74.8 cm³/mol. The number of halogens is 1. The lowest BCUT2D eigenvalue weighted by atomic mass is 10.5. The summed E-state index contributed by atoms with van der Waals surface area (Å²) in [6.07, 6.45) is 2.23. The summed E-state index contributed by atoms with van der Waals surface area (Å²) in [7, 11) is 0. The lowest BCUT2D eigenvalue weighted by Gasteiger charge is -2.07. The average Bonchev–Trinajstić information content (AvgIpc) is 2.74. The zero-order valence-corrected chi connectivity index (χ0v) is 12.5. The SMILES string of the molecule is CCCn1c(Sc2ncnc(NN)c2Br)n[nH]c1=O. The number of anilines is 1. The van der Waals surface area contributed by atoms with Crippen LogP contribution in [-0.4, -0.2) is 24.7 Å². The molecule has 2 aromatic heterocycles. The highest BCUT2D eigenvalue weighted by atomic mass is 79.9. The summed E-state index contributed by atoms with van der Waals surface area (Å²) in [6, 6.07) is 0. The van der Waals surface area contributed by atoms with Gasteiger partial charge in [-0.05, 0) is 34.1 Å². The molecule has 2 rings (SSSR count). The normalized spacial score (nSPS) is 10.7. The molecule has 0 saturated carbocycles. The van der Waals surface area contributed by atoms with Gasteiger partial charge in [0.1, 0.15) is 11.4 Å². The van der Waals surface area contributed by atoms with Crippen LogP contribution in [0.1, 0.15) is 13.3 Å². The zero-order chi connectivity index (χ0) is 13.8.